The lowest BCUT2D eigenvalue weighted by atomic mass is 9.57. The molecule has 1 spiro atoms. The van der Waals surface area contributed by atoms with Crippen LogP contribution in [0.5, 0.6) is 0 Å². The maximum Gasteiger partial charge on any atom is 0.00506 e. The van der Waals surface area contributed by atoms with Gasteiger partial charge in [0.25, 0.3) is 0 Å². The summed E-state index contributed by atoms with van der Waals surface area (Å²) in [5.74, 6) is 1.03. The van der Waals surface area contributed by atoms with E-state index in [0.717, 1.165) is 11.3 Å². The number of likely N-dealkylation sites (tertiary alicyclic amines) is 1. The van der Waals surface area contributed by atoms with Gasteiger partial charge in [-0.25, -0.2) is 0 Å². The third kappa shape index (κ3) is 1.75. The topological polar surface area (TPSA) is 15.3 Å². The van der Waals surface area contributed by atoms with Crippen molar-refractivity contribution in [2.75, 3.05) is 33.2 Å². The van der Waals surface area contributed by atoms with Crippen molar-refractivity contribution in [3.8, 4) is 0 Å². The molecule has 76 valence electrons. The predicted molar refractivity (Wildman–Crippen MR) is 55.8 cm³/mol. The standard InChI is InChI=1S/C11H22N2/c1-3-13-8-11(9-13)6-10(7-11)4-5-12-2/h10,12H,3-9H2,1-2H3. The van der Waals surface area contributed by atoms with Crippen LogP contribution in [0.4, 0.5) is 0 Å². The molecular weight excluding hydrogens is 160 g/mol. The van der Waals surface area contributed by atoms with Crippen LogP contribution in [0.15, 0.2) is 0 Å². The summed E-state index contributed by atoms with van der Waals surface area (Å²) in [4.78, 5) is 2.56. The van der Waals surface area contributed by atoms with Gasteiger partial charge in [-0.15, -0.1) is 0 Å². The van der Waals surface area contributed by atoms with Gasteiger partial charge in [-0.05, 0) is 50.7 Å². The Morgan fingerprint density at radius 3 is 2.62 bits per heavy atom. The Morgan fingerprint density at radius 2 is 2.08 bits per heavy atom. The minimum absolute atomic E-state index is 0.786. The van der Waals surface area contributed by atoms with Crippen LogP contribution in [0.25, 0.3) is 0 Å². The number of nitrogens with one attached hydrogen (secondary N) is 1. The highest BCUT2D eigenvalue weighted by Gasteiger charge is 2.50. The first-order valence-electron chi connectivity index (χ1n) is 5.65. The molecule has 2 nitrogen and oxygen atoms in total. The molecule has 1 saturated heterocycles. The molecule has 0 aromatic heterocycles. The fourth-order valence-corrected chi connectivity index (χ4v) is 3.10. The van der Waals surface area contributed by atoms with Crippen LogP contribution >= 0.6 is 0 Å². The van der Waals surface area contributed by atoms with E-state index in [4.69, 9.17) is 0 Å². The lowest BCUT2D eigenvalue weighted by Crippen LogP contribution is -2.62. The number of nitrogens with zero attached hydrogens (tertiary/aromatic N) is 1. The summed E-state index contributed by atoms with van der Waals surface area (Å²) < 4.78 is 0. The van der Waals surface area contributed by atoms with E-state index in [1.807, 2.05) is 0 Å². The van der Waals surface area contributed by atoms with Gasteiger partial charge >= 0.3 is 0 Å². The van der Waals surface area contributed by atoms with E-state index in [0.29, 0.717) is 0 Å². The summed E-state index contributed by atoms with van der Waals surface area (Å²) in [7, 11) is 2.05. The van der Waals surface area contributed by atoms with Gasteiger partial charge in [-0.3, -0.25) is 0 Å². The Hall–Kier alpha value is -0.0800. The third-order valence-electron chi connectivity index (χ3n) is 3.81. The lowest BCUT2D eigenvalue weighted by molar-refractivity contribution is -0.0930. The summed E-state index contributed by atoms with van der Waals surface area (Å²) in [6.07, 6.45) is 4.40. The SMILES string of the molecule is CCN1CC2(CC(CCNC)C2)C1. The van der Waals surface area contributed by atoms with Gasteiger partial charge in [-0.2, -0.15) is 0 Å². The molecule has 1 aliphatic heterocycles. The normalized spacial score (nSPS) is 27.2. The number of hydrogen-bond donors (Lipinski definition) is 1. The highest BCUT2D eigenvalue weighted by molar-refractivity contribution is 5.03. The van der Waals surface area contributed by atoms with Crippen molar-refractivity contribution in [3.05, 3.63) is 0 Å². The van der Waals surface area contributed by atoms with Crippen LogP contribution in [-0.4, -0.2) is 38.1 Å². The van der Waals surface area contributed by atoms with Gasteiger partial charge in [0, 0.05) is 13.1 Å². The van der Waals surface area contributed by atoms with E-state index >= 15 is 0 Å². The zero-order valence-corrected chi connectivity index (χ0v) is 8.97. The quantitative estimate of drug-likeness (QED) is 0.705. The summed E-state index contributed by atoms with van der Waals surface area (Å²) in [5.41, 5.74) is 0.786. The van der Waals surface area contributed by atoms with Crippen molar-refractivity contribution in [2.45, 2.75) is 26.2 Å². The second-order valence-corrected chi connectivity index (χ2v) is 4.97. The first-order chi connectivity index (χ1) is 6.28. The van der Waals surface area contributed by atoms with Crippen LogP contribution in [0, 0.1) is 11.3 Å². The zero-order chi connectivity index (χ0) is 9.31. The number of rotatable bonds is 4. The molecule has 0 bridgehead atoms. The van der Waals surface area contributed by atoms with Gasteiger partial charge in [-0.1, -0.05) is 6.92 Å². The Bertz CT molecular complexity index is 165. The molecule has 1 aliphatic carbocycles. The molecule has 0 radical (unpaired) electrons. The molecule has 1 saturated carbocycles. The average Bonchev–Trinajstić information content (AvgIpc) is 1.99. The van der Waals surface area contributed by atoms with Gasteiger partial charge < -0.3 is 10.2 Å². The van der Waals surface area contributed by atoms with Crippen LogP contribution < -0.4 is 5.32 Å². The van der Waals surface area contributed by atoms with Crippen LogP contribution in [0.2, 0.25) is 0 Å². The summed E-state index contributed by atoms with van der Waals surface area (Å²) in [6.45, 7) is 7.50. The summed E-state index contributed by atoms with van der Waals surface area (Å²) >= 11 is 0. The largest absolute Gasteiger partial charge is 0.320 e. The van der Waals surface area contributed by atoms with Gasteiger partial charge in [0.1, 0.15) is 0 Å². The molecule has 0 atom stereocenters. The van der Waals surface area contributed by atoms with E-state index in [1.54, 1.807) is 0 Å². The maximum atomic E-state index is 3.24. The molecule has 1 N–H and O–H groups in total. The van der Waals surface area contributed by atoms with E-state index in [1.165, 1.54) is 45.4 Å². The van der Waals surface area contributed by atoms with Crippen molar-refractivity contribution in [3.63, 3.8) is 0 Å². The molecule has 0 aromatic rings. The Labute approximate surface area is 81.7 Å². The van der Waals surface area contributed by atoms with E-state index < -0.39 is 0 Å². The minimum atomic E-state index is 0.786. The molecule has 0 amide bonds. The maximum absolute atomic E-state index is 3.24. The van der Waals surface area contributed by atoms with E-state index in [-0.39, 0.29) is 0 Å². The fourth-order valence-electron chi connectivity index (χ4n) is 3.10. The lowest BCUT2D eigenvalue weighted by Gasteiger charge is -2.59. The molecule has 0 aromatic carbocycles. The van der Waals surface area contributed by atoms with Gasteiger partial charge in [0.05, 0.1) is 0 Å². The molecule has 1 heterocycles. The minimum Gasteiger partial charge on any atom is -0.320 e. The molecule has 13 heavy (non-hydrogen) atoms. The molecule has 2 heteroatoms. The molecule has 0 unspecified atom stereocenters. The molecule has 2 aliphatic rings. The van der Waals surface area contributed by atoms with Crippen LogP contribution in [0.3, 0.4) is 0 Å². The monoisotopic (exact) mass is 182 g/mol. The summed E-state index contributed by atoms with van der Waals surface area (Å²) in [5, 5.41) is 3.24. The van der Waals surface area contributed by atoms with Crippen molar-refractivity contribution in [2.24, 2.45) is 11.3 Å². The highest BCUT2D eigenvalue weighted by atomic mass is 15.2. The second-order valence-electron chi connectivity index (χ2n) is 4.97. The first-order valence-corrected chi connectivity index (χ1v) is 5.65. The van der Waals surface area contributed by atoms with E-state index in [2.05, 4.69) is 24.2 Å². The van der Waals surface area contributed by atoms with Crippen LogP contribution in [-0.2, 0) is 0 Å². The third-order valence-corrected chi connectivity index (χ3v) is 3.81. The van der Waals surface area contributed by atoms with Crippen molar-refractivity contribution in [1.82, 2.24) is 10.2 Å². The molecular formula is C11H22N2. The van der Waals surface area contributed by atoms with Crippen molar-refractivity contribution >= 4 is 0 Å². The Kier molecular flexibility index (Phi) is 2.61. The van der Waals surface area contributed by atoms with Crippen LogP contribution in [0.1, 0.15) is 26.2 Å². The Balaban J connectivity index is 1.62. The van der Waals surface area contributed by atoms with Crippen molar-refractivity contribution < 1.29 is 0 Å². The predicted octanol–water partition coefficient (Wildman–Crippen LogP) is 1.33. The summed E-state index contributed by atoms with van der Waals surface area (Å²) in [6, 6.07) is 0. The molecule has 2 fully saturated rings. The zero-order valence-electron chi connectivity index (χ0n) is 8.97. The first kappa shape index (κ1) is 9.47. The van der Waals surface area contributed by atoms with Crippen molar-refractivity contribution in [1.29, 1.82) is 0 Å². The number of hydrogen-bond acceptors (Lipinski definition) is 2. The van der Waals surface area contributed by atoms with Gasteiger partial charge in [0.15, 0.2) is 0 Å². The van der Waals surface area contributed by atoms with E-state index in [9.17, 15) is 0 Å². The Morgan fingerprint density at radius 1 is 1.38 bits per heavy atom. The van der Waals surface area contributed by atoms with Gasteiger partial charge in [0.2, 0.25) is 0 Å². The second kappa shape index (κ2) is 3.58. The fraction of sp³-hybridized carbons (Fsp3) is 1.00. The smallest absolute Gasteiger partial charge is 0.00506 e. The average molecular weight is 182 g/mol. The highest BCUT2D eigenvalue weighted by Crippen LogP contribution is 2.52. The molecule has 2 rings (SSSR count).